The lowest BCUT2D eigenvalue weighted by Crippen LogP contribution is -2.22. The second-order valence-electron chi connectivity index (χ2n) is 5.16. The third kappa shape index (κ3) is 6.50. The van der Waals surface area contributed by atoms with E-state index in [1.54, 1.807) is 6.07 Å². The maximum atomic E-state index is 13.7. The zero-order chi connectivity index (χ0) is 14.3. The summed E-state index contributed by atoms with van der Waals surface area (Å²) in [4.78, 5) is 0. The first-order chi connectivity index (χ1) is 9.00. The van der Waals surface area contributed by atoms with Crippen molar-refractivity contribution in [3.05, 3.63) is 34.1 Å². The van der Waals surface area contributed by atoms with Crippen LogP contribution >= 0.6 is 15.9 Å². The highest BCUT2D eigenvalue weighted by molar-refractivity contribution is 9.10. The molecule has 1 unspecified atom stereocenters. The molecule has 0 radical (unpaired) electrons. The SMILES string of the molecule is CC(C)COCCCNC(C)c1cc(Br)ccc1F. The molecular formula is C15H23BrFNO. The second-order valence-corrected chi connectivity index (χ2v) is 6.08. The minimum absolute atomic E-state index is 0.00241. The van der Waals surface area contributed by atoms with Crippen LogP contribution in [0.15, 0.2) is 22.7 Å². The van der Waals surface area contributed by atoms with Crippen LogP contribution in [0.4, 0.5) is 4.39 Å². The summed E-state index contributed by atoms with van der Waals surface area (Å²) in [7, 11) is 0. The molecule has 0 bridgehead atoms. The van der Waals surface area contributed by atoms with Gasteiger partial charge in [-0.05, 0) is 44.0 Å². The first-order valence-electron chi connectivity index (χ1n) is 6.76. The Morgan fingerprint density at radius 1 is 1.32 bits per heavy atom. The van der Waals surface area contributed by atoms with Crippen LogP contribution in [0.1, 0.15) is 38.8 Å². The zero-order valence-corrected chi connectivity index (χ0v) is 13.5. The van der Waals surface area contributed by atoms with Gasteiger partial charge in [-0.15, -0.1) is 0 Å². The van der Waals surface area contributed by atoms with Crippen LogP contribution in [-0.2, 0) is 4.74 Å². The van der Waals surface area contributed by atoms with Crippen molar-refractivity contribution >= 4 is 15.9 Å². The summed E-state index contributed by atoms with van der Waals surface area (Å²) in [6.07, 6.45) is 0.937. The number of halogens is 2. The van der Waals surface area contributed by atoms with E-state index in [0.717, 1.165) is 30.7 Å². The molecule has 19 heavy (non-hydrogen) atoms. The highest BCUT2D eigenvalue weighted by Crippen LogP contribution is 2.21. The molecule has 0 spiro atoms. The van der Waals surface area contributed by atoms with Crippen molar-refractivity contribution in [2.24, 2.45) is 5.92 Å². The van der Waals surface area contributed by atoms with Gasteiger partial charge in [-0.3, -0.25) is 0 Å². The lowest BCUT2D eigenvalue weighted by molar-refractivity contribution is 0.107. The van der Waals surface area contributed by atoms with Gasteiger partial charge >= 0.3 is 0 Å². The van der Waals surface area contributed by atoms with Crippen molar-refractivity contribution in [1.29, 1.82) is 0 Å². The van der Waals surface area contributed by atoms with E-state index in [0.29, 0.717) is 11.5 Å². The predicted molar refractivity (Wildman–Crippen MR) is 80.8 cm³/mol. The molecule has 1 rings (SSSR count). The van der Waals surface area contributed by atoms with Gasteiger partial charge in [0.2, 0.25) is 0 Å². The quantitative estimate of drug-likeness (QED) is 0.717. The molecule has 0 aliphatic heterocycles. The van der Waals surface area contributed by atoms with E-state index in [9.17, 15) is 4.39 Å². The van der Waals surface area contributed by atoms with Crippen molar-refractivity contribution in [3.8, 4) is 0 Å². The molecular weight excluding hydrogens is 309 g/mol. The van der Waals surface area contributed by atoms with E-state index in [4.69, 9.17) is 4.74 Å². The van der Waals surface area contributed by atoms with E-state index in [2.05, 4.69) is 35.1 Å². The molecule has 4 heteroatoms. The molecule has 0 saturated heterocycles. The van der Waals surface area contributed by atoms with Crippen LogP contribution < -0.4 is 5.32 Å². The highest BCUT2D eigenvalue weighted by Gasteiger charge is 2.10. The number of rotatable bonds is 8. The minimum atomic E-state index is -0.167. The largest absolute Gasteiger partial charge is 0.381 e. The summed E-state index contributed by atoms with van der Waals surface area (Å²) in [6, 6.07) is 5.03. The van der Waals surface area contributed by atoms with Gasteiger partial charge in [0.15, 0.2) is 0 Å². The lowest BCUT2D eigenvalue weighted by atomic mass is 10.1. The first kappa shape index (κ1) is 16.6. The van der Waals surface area contributed by atoms with E-state index in [-0.39, 0.29) is 11.9 Å². The van der Waals surface area contributed by atoms with E-state index >= 15 is 0 Å². The molecule has 2 nitrogen and oxygen atoms in total. The summed E-state index contributed by atoms with van der Waals surface area (Å²) < 4.78 is 20.1. The molecule has 108 valence electrons. The monoisotopic (exact) mass is 331 g/mol. The number of nitrogens with one attached hydrogen (secondary N) is 1. The Morgan fingerprint density at radius 3 is 2.74 bits per heavy atom. The summed E-state index contributed by atoms with van der Waals surface area (Å²) in [5.41, 5.74) is 0.692. The fourth-order valence-electron chi connectivity index (χ4n) is 1.77. The van der Waals surface area contributed by atoms with Crippen LogP contribution in [0.5, 0.6) is 0 Å². The fraction of sp³-hybridized carbons (Fsp3) is 0.600. The zero-order valence-electron chi connectivity index (χ0n) is 11.9. The van der Waals surface area contributed by atoms with Gasteiger partial charge in [-0.2, -0.15) is 0 Å². The van der Waals surface area contributed by atoms with E-state index < -0.39 is 0 Å². The standard InChI is InChI=1S/C15H23BrFNO/c1-11(2)10-19-8-4-7-18-12(3)14-9-13(16)5-6-15(14)17/h5-6,9,11-12,18H,4,7-8,10H2,1-3H3. The maximum Gasteiger partial charge on any atom is 0.128 e. The van der Waals surface area contributed by atoms with Crippen molar-refractivity contribution < 1.29 is 9.13 Å². The molecule has 0 aliphatic carbocycles. The molecule has 0 amide bonds. The molecule has 1 aromatic rings. The Bertz CT molecular complexity index is 384. The molecule has 0 fully saturated rings. The summed E-state index contributed by atoms with van der Waals surface area (Å²) >= 11 is 3.37. The average molecular weight is 332 g/mol. The molecule has 1 atom stereocenters. The van der Waals surface area contributed by atoms with Crippen molar-refractivity contribution in [2.45, 2.75) is 33.2 Å². The van der Waals surface area contributed by atoms with Gasteiger partial charge in [-0.1, -0.05) is 29.8 Å². The van der Waals surface area contributed by atoms with Gasteiger partial charge in [0.05, 0.1) is 0 Å². The molecule has 0 heterocycles. The van der Waals surface area contributed by atoms with Gasteiger partial charge < -0.3 is 10.1 Å². The molecule has 1 N–H and O–H groups in total. The van der Waals surface area contributed by atoms with Gasteiger partial charge in [0.25, 0.3) is 0 Å². The summed E-state index contributed by atoms with van der Waals surface area (Å²) in [5, 5.41) is 3.31. The maximum absolute atomic E-state index is 13.7. The normalized spacial score (nSPS) is 12.9. The number of hydrogen-bond acceptors (Lipinski definition) is 2. The number of ether oxygens (including phenoxy) is 1. The fourth-order valence-corrected chi connectivity index (χ4v) is 2.15. The summed E-state index contributed by atoms with van der Waals surface area (Å²) in [6.45, 7) is 8.62. The Hall–Kier alpha value is -0.450. The van der Waals surface area contributed by atoms with Crippen molar-refractivity contribution in [3.63, 3.8) is 0 Å². The van der Waals surface area contributed by atoms with Crippen LogP contribution in [0.3, 0.4) is 0 Å². The van der Waals surface area contributed by atoms with Crippen molar-refractivity contribution in [2.75, 3.05) is 19.8 Å². The van der Waals surface area contributed by atoms with Crippen molar-refractivity contribution in [1.82, 2.24) is 5.32 Å². The van der Waals surface area contributed by atoms with Crippen LogP contribution in [0.2, 0.25) is 0 Å². The first-order valence-corrected chi connectivity index (χ1v) is 7.56. The summed E-state index contributed by atoms with van der Waals surface area (Å²) in [5.74, 6) is 0.405. The van der Waals surface area contributed by atoms with Gasteiger partial charge in [0, 0.05) is 29.3 Å². The topological polar surface area (TPSA) is 21.3 Å². The third-order valence-corrected chi connectivity index (χ3v) is 3.28. The minimum Gasteiger partial charge on any atom is -0.381 e. The molecule has 0 aliphatic rings. The Labute approximate surface area is 123 Å². The average Bonchev–Trinajstić information content (AvgIpc) is 2.36. The number of hydrogen-bond donors (Lipinski definition) is 1. The Balaban J connectivity index is 2.27. The highest BCUT2D eigenvalue weighted by atomic mass is 79.9. The smallest absolute Gasteiger partial charge is 0.128 e. The molecule has 1 aromatic carbocycles. The van der Waals surface area contributed by atoms with E-state index in [1.807, 2.05) is 13.0 Å². The third-order valence-electron chi connectivity index (χ3n) is 2.79. The predicted octanol–water partition coefficient (Wildman–Crippen LogP) is 4.30. The Kier molecular flexibility index (Phi) is 7.57. The Morgan fingerprint density at radius 2 is 2.05 bits per heavy atom. The van der Waals surface area contributed by atoms with Crippen LogP contribution in [-0.4, -0.2) is 19.8 Å². The number of benzene rings is 1. The van der Waals surface area contributed by atoms with Gasteiger partial charge in [0.1, 0.15) is 5.82 Å². The molecule has 0 saturated carbocycles. The van der Waals surface area contributed by atoms with Gasteiger partial charge in [-0.25, -0.2) is 4.39 Å². The van der Waals surface area contributed by atoms with Crippen LogP contribution in [0, 0.1) is 11.7 Å². The van der Waals surface area contributed by atoms with Crippen LogP contribution in [0.25, 0.3) is 0 Å². The lowest BCUT2D eigenvalue weighted by Gasteiger charge is -2.15. The molecule has 0 aromatic heterocycles. The second kappa shape index (κ2) is 8.67. The van der Waals surface area contributed by atoms with E-state index in [1.165, 1.54) is 6.07 Å².